The summed E-state index contributed by atoms with van der Waals surface area (Å²) in [6.45, 7) is 3.50. The molecule has 3 nitrogen and oxygen atoms in total. The third-order valence-corrected chi connectivity index (χ3v) is 5.43. The standard InChI is InChI=1S/C21H23FN2O/c22-19-8-3-7-17(13-19)21(25)24-11-4-9-20(15-24)23-12-10-16-5-1-2-6-18(16)14-23/h1-3,5-8,13,20H,4,9-12,14-15H2/t20-/m0/s1. The van der Waals surface area contributed by atoms with Crippen molar-refractivity contribution in [1.29, 1.82) is 0 Å². The van der Waals surface area contributed by atoms with Gasteiger partial charge in [-0.1, -0.05) is 30.3 Å². The van der Waals surface area contributed by atoms with Gasteiger partial charge in [-0.05, 0) is 48.6 Å². The van der Waals surface area contributed by atoms with Crippen LogP contribution in [-0.2, 0) is 13.0 Å². The van der Waals surface area contributed by atoms with Gasteiger partial charge in [0, 0.05) is 37.8 Å². The molecule has 1 atom stereocenters. The number of rotatable bonds is 2. The Balaban J connectivity index is 1.46. The Bertz CT molecular complexity index is 776. The second-order valence-electron chi connectivity index (χ2n) is 7.05. The van der Waals surface area contributed by atoms with Crippen molar-refractivity contribution in [2.24, 2.45) is 0 Å². The van der Waals surface area contributed by atoms with Crippen LogP contribution in [0, 0.1) is 5.82 Å². The van der Waals surface area contributed by atoms with Gasteiger partial charge in [-0.15, -0.1) is 0 Å². The van der Waals surface area contributed by atoms with Crippen LogP contribution in [0.5, 0.6) is 0 Å². The van der Waals surface area contributed by atoms with E-state index in [1.54, 1.807) is 12.1 Å². The van der Waals surface area contributed by atoms with Gasteiger partial charge in [0.15, 0.2) is 0 Å². The van der Waals surface area contributed by atoms with Crippen LogP contribution < -0.4 is 0 Å². The minimum absolute atomic E-state index is 0.0541. The second-order valence-corrected chi connectivity index (χ2v) is 7.05. The van der Waals surface area contributed by atoms with Gasteiger partial charge in [0.05, 0.1) is 0 Å². The third kappa shape index (κ3) is 3.45. The second kappa shape index (κ2) is 6.96. The molecule has 2 aliphatic heterocycles. The van der Waals surface area contributed by atoms with Crippen LogP contribution >= 0.6 is 0 Å². The topological polar surface area (TPSA) is 23.6 Å². The molecule has 1 saturated heterocycles. The number of carbonyl (C=O) groups is 1. The van der Waals surface area contributed by atoms with Crippen LogP contribution in [0.4, 0.5) is 4.39 Å². The minimum Gasteiger partial charge on any atom is -0.337 e. The van der Waals surface area contributed by atoms with Crippen molar-refractivity contribution in [2.45, 2.75) is 31.8 Å². The Morgan fingerprint density at radius 3 is 2.72 bits per heavy atom. The predicted molar refractivity (Wildman–Crippen MR) is 95.9 cm³/mol. The van der Waals surface area contributed by atoms with Crippen molar-refractivity contribution in [3.8, 4) is 0 Å². The van der Waals surface area contributed by atoms with E-state index in [9.17, 15) is 9.18 Å². The number of likely N-dealkylation sites (tertiary alicyclic amines) is 1. The highest BCUT2D eigenvalue weighted by atomic mass is 19.1. The van der Waals surface area contributed by atoms with Gasteiger partial charge in [0.25, 0.3) is 5.91 Å². The zero-order chi connectivity index (χ0) is 17.2. The minimum atomic E-state index is -0.355. The Labute approximate surface area is 148 Å². The number of fused-ring (bicyclic) bond motifs is 1. The van der Waals surface area contributed by atoms with E-state index < -0.39 is 0 Å². The molecule has 130 valence electrons. The monoisotopic (exact) mass is 338 g/mol. The normalized spacial score (nSPS) is 21.0. The van der Waals surface area contributed by atoms with Crippen LogP contribution in [0.2, 0.25) is 0 Å². The number of amides is 1. The number of benzene rings is 2. The lowest BCUT2D eigenvalue weighted by atomic mass is 9.95. The first-order valence-electron chi connectivity index (χ1n) is 9.06. The molecule has 2 heterocycles. The Morgan fingerprint density at radius 1 is 1.04 bits per heavy atom. The molecule has 0 spiro atoms. The van der Waals surface area contributed by atoms with Gasteiger partial charge < -0.3 is 4.90 Å². The predicted octanol–water partition coefficient (Wildman–Crippen LogP) is 3.49. The number of carbonyl (C=O) groups excluding carboxylic acids is 1. The summed E-state index contributed by atoms with van der Waals surface area (Å²) < 4.78 is 13.4. The number of piperidine rings is 1. The lowest BCUT2D eigenvalue weighted by molar-refractivity contribution is 0.0548. The summed E-state index contributed by atoms with van der Waals surface area (Å²) in [6.07, 6.45) is 3.20. The van der Waals surface area contributed by atoms with Gasteiger partial charge in [-0.3, -0.25) is 9.69 Å². The van der Waals surface area contributed by atoms with Gasteiger partial charge in [0.2, 0.25) is 0 Å². The van der Waals surface area contributed by atoms with Crippen molar-refractivity contribution >= 4 is 5.91 Å². The van der Waals surface area contributed by atoms with Crippen LogP contribution in [-0.4, -0.2) is 41.4 Å². The van der Waals surface area contributed by atoms with E-state index in [1.807, 2.05) is 4.90 Å². The molecular formula is C21H23FN2O. The molecule has 25 heavy (non-hydrogen) atoms. The first-order valence-corrected chi connectivity index (χ1v) is 9.06. The molecular weight excluding hydrogens is 315 g/mol. The molecule has 1 fully saturated rings. The van der Waals surface area contributed by atoms with Crippen LogP contribution in [0.25, 0.3) is 0 Å². The van der Waals surface area contributed by atoms with E-state index in [4.69, 9.17) is 0 Å². The molecule has 1 amide bonds. The first kappa shape index (κ1) is 16.3. The first-order chi connectivity index (χ1) is 12.2. The Kier molecular flexibility index (Phi) is 4.53. The zero-order valence-electron chi connectivity index (χ0n) is 14.3. The molecule has 0 radical (unpaired) electrons. The van der Waals surface area contributed by atoms with Crippen LogP contribution in [0.1, 0.15) is 34.3 Å². The summed E-state index contributed by atoms with van der Waals surface area (Å²) in [7, 11) is 0. The van der Waals surface area contributed by atoms with Gasteiger partial charge in [-0.2, -0.15) is 0 Å². The fourth-order valence-electron chi connectivity index (χ4n) is 4.07. The largest absolute Gasteiger partial charge is 0.337 e. The number of hydrogen-bond acceptors (Lipinski definition) is 2. The molecule has 4 heteroatoms. The molecule has 2 aromatic carbocycles. The zero-order valence-corrected chi connectivity index (χ0v) is 14.3. The van der Waals surface area contributed by atoms with Crippen LogP contribution in [0.3, 0.4) is 0 Å². The van der Waals surface area contributed by atoms with Gasteiger partial charge >= 0.3 is 0 Å². The average Bonchev–Trinajstić information content (AvgIpc) is 2.67. The fraction of sp³-hybridized carbons (Fsp3) is 0.381. The summed E-state index contributed by atoms with van der Waals surface area (Å²) >= 11 is 0. The molecule has 2 aromatic rings. The molecule has 2 aliphatic rings. The maximum atomic E-state index is 13.4. The lowest BCUT2D eigenvalue weighted by Crippen LogP contribution is -2.51. The average molecular weight is 338 g/mol. The summed E-state index contributed by atoms with van der Waals surface area (Å²) in [5, 5.41) is 0. The fourth-order valence-corrected chi connectivity index (χ4v) is 4.07. The maximum Gasteiger partial charge on any atom is 0.254 e. The van der Waals surface area contributed by atoms with E-state index in [1.165, 1.54) is 23.3 Å². The third-order valence-electron chi connectivity index (χ3n) is 5.43. The maximum absolute atomic E-state index is 13.4. The molecule has 0 unspecified atom stereocenters. The van der Waals surface area contributed by atoms with E-state index in [0.717, 1.165) is 45.4 Å². The molecule has 0 aliphatic carbocycles. The molecule has 0 aromatic heterocycles. The summed E-state index contributed by atoms with van der Waals surface area (Å²) in [5.41, 5.74) is 3.30. The van der Waals surface area contributed by atoms with Crippen molar-refractivity contribution in [3.63, 3.8) is 0 Å². The SMILES string of the molecule is O=C(c1cccc(F)c1)N1CCC[C@H](N2CCc3ccccc3C2)C1. The van der Waals surface area contributed by atoms with E-state index in [2.05, 4.69) is 29.2 Å². The molecule has 0 bridgehead atoms. The Morgan fingerprint density at radius 2 is 1.88 bits per heavy atom. The highest BCUT2D eigenvalue weighted by Crippen LogP contribution is 2.25. The molecule has 0 saturated carbocycles. The highest BCUT2D eigenvalue weighted by molar-refractivity contribution is 5.94. The van der Waals surface area contributed by atoms with Gasteiger partial charge in [0.1, 0.15) is 5.82 Å². The number of halogens is 1. The van der Waals surface area contributed by atoms with E-state index >= 15 is 0 Å². The van der Waals surface area contributed by atoms with Crippen molar-refractivity contribution < 1.29 is 9.18 Å². The van der Waals surface area contributed by atoms with E-state index in [0.29, 0.717) is 11.6 Å². The van der Waals surface area contributed by atoms with Gasteiger partial charge in [-0.25, -0.2) is 4.39 Å². The number of hydrogen-bond donors (Lipinski definition) is 0. The lowest BCUT2D eigenvalue weighted by Gasteiger charge is -2.41. The van der Waals surface area contributed by atoms with Crippen LogP contribution in [0.15, 0.2) is 48.5 Å². The molecule has 4 rings (SSSR count). The molecule has 0 N–H and O–H groups in total. The Hall–Kier alpha value is -2.20. The number of nitrogens with zero attached hydrogens (tertiary/aromatic N) is 2. The van der Waals surface area contributed by atoms with E-state index in [-0.39, 0.29) is 11.7 Å². The highest BCUT2D eigenvalue weighted by Gasteiger charge is 2.30. The smallest absolute Gasteiger partial charge is 0.254 e. The van der Waals surface area contributed by atoms with Crippen molar-refractivity contribution in [2.75, 3.05) is 19.6 Å². The summed E-state index contributed by atoms with van der Waals surface area (Å²) in [4.78, 5) is 17.1. The van der Waals surface area contributed by atoms with Crippen molar-refractivity contribution in [3.05, 3.63) is 71.0 Å². The summed E-state index contributed by atoms with van der Waals surface area (Å²) in [5.74, 6) is -0.409. The van der Waals surface area contributed by atoms with Crippen molar-refractivity contribution in [1.82, 2.24) is 9.80 Å². The quantitative estimate of drug-likeness (QED) is 0.837. The summed E-state index contributed by atoms with van der Waals surface area (Å²) in [6, 6.07) is 15.0.